The number of rotatable bonds is 5. The van der Waals surface area contributed by atoms with Gasteiger partial charge < -0.3 is 10.4 Å². The van der Waals surface area contributed by atoms with Gasteiger partial charge in [0.1, 0.15) is 0 Å². The summed E-state index contributed by atoms with van der Waals surface area (Å²) >= 11 is 6.00. The highest BCUT2D eigenvalue weighted by molar-refractivity contribution is 6.32. The Morgan fingerprint density at radius 1 is 1.42 bits per heavy atom. The second-order valence-electron chi connectivity index (χ2n) is 4.51. The number of carbonyl (C=O) groups excluding carboxylic acids is 1. The van der Waals surface area contributed by atoms with Crippen LogP contribution < -0.4 is 5.32 Å². The molecule has 0 fully saturated rings. The molecule has 0 atom stereocenters. The van der Waals surface area contributed by atoms with Gasteiger partial charge in [-0.2, -0.15) is 0 Å². The van der Waals surface area contributed by atoms with Crippen LogP contribution in [-0.4, -0.2) is 23.5 Å². The predicted octanol–water partition coefficient (Wildman–Crippen LogP) is 2.82. The Balaban J connectivity index is 2.81. The van der Waals surface area contributed by atoms with E-state index in [4.69, 9.17) is 16.7 Å². The van der Waals surface area contributed by atoms with Crippen molar-refractivity contribution in [2.75, 3.05) is 6.54 Å². The Morgan fingerprint density at radius 3 is 2.63 bits per heavy atom. The topological polar surface area (TPSA) is 66.4 Å². The van der Waals surface area contributed by atoms with Gasteiger partial charge in [-0.1, -0.05) is 31.5 Å². The molecular formula is C14H16ClNO3. The summed E-state index contributed by atoms with van der Waals surface area (Å²) in [6, 6.07) is 4.76. The normalized spacial score (nSPS) is 10.9. The summed E-state index contributed by atoms with van der Waals surface area (Å²) in [5.74, 6) is -0.864. The lowest BCUT2D eigenvalue weighted by atomic mass is 10.1. The van der Waals surface area contributed by atoms with Crippen molar-refractivity contribution in [3.8, 4) is 0 Å². The molecule has 1 aromatic carbocycles. The highest BCUT2D eigenvalue weighted by atomic mass is 35.5. The smallest absolute Gasteiger partial charge is 0.328 e. The molecule has 0 aliphatic carbocycles. The second kappa shape index (κ2) is 6.95. The minimum Gasteiger partial charge on any atom is -0.478 e. The lowest BCUT2D eigenvalue weighted by Gasteiger charge is -2.08. The van der Waals surface area contributed by atoms with Crippen LogP contribution in [0.5, 0.6) is 0 Å². The highest BCUT2D eigenvalue weighted by Crippen LogP contribution is 2.19. The molecule has 0 bridgehead atoms. The minimum atomic E-state index is -1.05. The lowest BCUT2D eigenvalue weighted by Crippen LogP contribution is -2.27. The van der Waals surface area contributed by atoms with E-state index in [1.807, 2.05) is 13.8 Å². The molecule has 0 saturated heterocycles. The number of carbonyl (C=O) groups is 2. The van der Waals surface area contributed by atoms with Crippen LogP contribution in [-0.2, 0) is 4.79 Å². The van der Waals surface area contributed by atoms with Crippen molar-refractivity contribution in [1.82, 2.24) is 5.32 Å². The van der Waals surface area contributed by atoms with E-state index in [0.29, 0.717) is 28.6 Å². The summed E-state index contributed by atoms with van der Waals surface area (Å²) in [6.07, 6.45) is 2.39. The molecule has 1 rings (SSSR count). The number of carboxylic acid groups (broad SMARTS) is 1. The number of carboxylic acids is 1. The summed E-state index contributed by atoms with van der Waals surface area (Å²) in [7, 11) is 0. The van der Waals surface area contributed by atoms with Crippen LogP contribution in [0.15, 0.2) is 24.3 Å². The molecule has 0 heterocycles. The first kappa shape index (κ1) is 15.2. The first-order valence-electron chi connectivity index (χ1n) is 5.89. The number of hydrogen-bond donors (Lipinski definition) is 2. The standard InChI is InChI=1S/C14H16ClNO3/c1-9(2)8-16-14(19)11-4-3-10(12(15)7-11)5-6-13(17)18/h3-7,9H,8H2,1-2H3,(H,16,19)(H,17,18)/b6-5+. The molecule has 1 amide bonds. The second-order valence-corrected chi connectivity index (χ2v) is 4.92. The van der Waals surface area contributed by atoms with Crippen LogP contribution >= 0.6 is 11.6 Å². The third-order valence-electron chi connectivity index (χ3n) is 2.34. The van der Waals surface area contributed by atoms with E-state index in [1.54, 1.807) is 12.1 Å². The van der Waals surface area contributed by atoms with Crippen molar-refractivity contribution in [3.05, 3.63) is 40.4 Å². The highest BCUT2D eigenvalue weighted by Gasteiger charge is 2.08. The minimum absolute atomic E-state index is 0.190. The maximum absolute atomic E-state index is 11.8. The zero-order valence-corrected chi connectivity index (χ0v) is 11.6. The van der Waals surface area contributed by atoms with Crippen molar-refractivity contribution in [1.29, 1.82) is 0 Å². The van der Waals surface area contributed by atoms with Gasteiger partial charge in [0.05, 0.1) is 0 Å². The van der Waals surface area contributed by atoms with Crippen molar-refractivity contribution >= 4 is 29.6 Å². The summed E-state index contributed by atoms with van der Waals surface area (Å²) in [4.78, 5) is 22.2. The molecule has 0 aromatic heterocycles. The Hall–Kier alpha value is -1.81. The first-order valence-corrected chi connectivity index (χ1v) is 6.26. The molecule has 1 aromatic rings. The molecule has 0 unspecified atom stereocenters. The average Bonchev–Trinajstić information content (AvgIpc) is 2.34. The lowest BCUT2D eigenvalue weighted by molar-refractivity contribution is -0.131. The number of nitrogens with one attached hydrogen (secondary N) is 1. The van der Waals surface area contributed by atoms with Gasteiger partial charge in [-0.05, 0) is 29.7 Å². The third-order valence-corrected chi connectivity index (χ3v) is 2.67. The Bertz CT molecular complexity index is 509. The van der Waals surface area contributed by atoms with Crippen LogP contribution in [0, 0.1) is 5.92 Å². The molecule has 5 heteroatoms. The number of benzene rings is 1. The molecular weight excluding hydrogens is 266 g/mol. The van der Waals surface area contributed by atoms with E-state index in [-0.39, 0.29) is 5.91 Å². The van der Waals surface area contributed by atoms with Crippen LogP contribution in [0.1, 0.15) is 29.8 Å². The summed E-state index contributed by atoms with van der Waals surface area (Å²) < 4.78 is 0. The molecule has 102 valence electrons. The Morgan fingerprint density at radius 2 is 2.11 bits per heavy atom. The van der Waals surface area contributed by atoms with Gasteiger partial charge in [0.25, 0.3) is 5.91 Å². The van der Waals surface area contributed by atoms with Gasteiger partial charge in [0.2, 0.25) is 0 Å². The third kappa shape index (κ3) is 5.14. The molecule has 2 N–H and O–H groups in total. The number of hydrogen-bond acceptors (Lipinski definition) is 2. The van der Waals surface area contributed by atoms with Crippen LogP contribution in [0.4, 0.5) is 0 Å². The number of amides is 1. The fourth-order valence-corrected chi connectivity index (χ4v) is 1.61. The molecule has 0 saturated carbocycles. The zero-order chi connectivity index (χ0) is 14.4. The van der Waals surface area contributed by atoms with Crippen molar-refractivity contribution < 1.29 is 14.7 Å². The SMILES string of the molecule is CC(C)CNC(=O)c1ccc(/C=C/C(=O)O)c(Cl)c1. The van der Waals surface area contributed by atoms with Gasteiger partial charge >= 0.3 is 5.97 Å². The largest absolute Gasteiger partial charge is 0.478 e. The maximum Gasteiger partial charge on any atom is 0.328 e. The van der Waals surface area contributed by atoms with Crippen molar-refractivity contribution in [2.45, 2.75) is 13.8 Å². The van der Waals surface area contributed by atoms with E-state index in [9.17, 15) is 9.59 Å². The van der Waals surface area contributed by atoms with Gasteiger partial charge in [0.15, 0.2) is 0 Å². The summed E-state index contributed by atoms with van der Waals surface area (Å²) in [6.45, 7) is 4.61. The molecule has 0 aliphatic rings. The van der Waals surface area contributed by atoms with Gasteiger partial charge in [-0.15, -0.1) is 0 Å². The fraction of sp³-hybridized carbons (Fsp3) is 0.286. The number of aliphatic carboxylic acids is 1. The molecule has 4 nitrogen and oxygen atoms in total. The van der Waals surface area contributed by atoms with Gasteiger partial charge in [0, 0.05) is 23.2 Å². The maximum atomic E-state index is 11.8. The Kier molecular flexibility index (Phi) is 5.57. The molecule has 19 heavy (non-hydrogen) atoms. The first-order chi connectivity index (χ1) is 8.90. The van der Waals surface area contributed by atoms with Crippen molar-refractivity contribution in [3.63, 3.8) is 0 Å². The van der Waals surface area contributed by atoms with Crippen LogP contribution in [0.3, 0.4) is 0 Å². The fourth-order valence-electron chi connectivity index (χ4n) is 1.36. The predicted molar refractivity (Wildman–Crippen MR) is 75.3 cm³/mol. The van der Waals surface area contributed by atoms with Gasteiger partial charge in [-0.25, -0.2) is 4.79 Å². The average molecular weight is 282 g/mol. The van der Waals surface area contributed by atoms with E-state index in [1.165, 1.54) is 12.1 Å². The van der Waals surface area contributed by atoms with Crippen LogP contribution in [0.25, 0.3) is 6.08 Å². The number of halogens is 1. The van der Waals surface area contributed by atoms with Crippen molar-refractivity contribution in [2.24, 2.45) is 5.92 Å². The van der Waals surface area contributed by atoms with E-state index >= 15 is 0 Å². The quantitative estimate of drug-likeness (QED) is 0.816. The summed E-state index contributed by atoms with van der Waals surface area (Å²) in [5, 5.41) is 11.7. The van der Waals surface area contributed by atoms with E-state index in [2.05, 4.69) is 5.32 Å². The Labute approximate surface area is 117 Å². The van der Waals surface area contributed by atoms with E-state index in [0.717, 1.165) is 6.08 Å². The van der Waals surface area contributed by atoms with E-state index < -0.39 is 5.97 Å². The zero-order valence-electron chi connectivity index (χ0n) is 10.8. The summed E-state index contributed by atoms with van der Waals surface area (Å²) in [5.41, 5.74) is 1.02. The van der Waals surface area contributed by atoms with Gasteiger partial charge in [-0.3, -0.25) is 4.79 Å². The molecule has 0 spiro atoms. The molecule has 0 radical (unpaired) electrons. The van der Waals surface area contributed by atoms with Crippen LogP contribution in [0.2, 0.25) is 5.02 Å². The monoisotopic (exact) mass is 281 g/mol. The molecule has 0 aliphatic heterocycles.